The van der Waals surface area contributed by atoms with Crippen LogP contribution in [0.2, 0.25) is 36.3 Å². The van der Waals surface area contributed by atoms with Gasteiger partial charge in [-0.2, -0.15) is 0 Å². The van der Waals surface area contributed by atoms with Gasteiger partial charge in [0.2, 0.25) is 0 Å². The molecule has 0 fully saturated rings. The molecule has 0 atom stereocenters. The number of rotatable bonds is 43. The number of carbonyl (C=O) groups is 2. The van der Waals surface area contributed by atoms with Crippen LogP contribution in [-0.2, 0) is 37.0 Å². The topological polar surface area (TPSA) is 115 Å². The van der Waals surface area contributed by atoms with Crippen LogP contribution in [0.15, 0.2) is 0 Å². The minimum absolute atomic E-state index is 0.0789. The summed E-state index contributed by atoms with van der Waals surface area (Å²) in [7, 11) is -5.42. The molecule has 0 aliphatic rings. The van der Waals surface area contributed by atoms with E-state index in [0.29, 0.717) is 125 Å². The van der Waals surface area contributed by atoms with Crippen molar-refractivity contribution >= 4 is 67.3 Å². The van der Waals surface area contributed by atoms with Crippen LogP contribution in [0.25, 0.3) is 0 Å². The molecule has 0 aliphatic carbocycles. The summed E-state index contributed by atoms with van der Waals surface area (Å²) >= 11 is 2.78. The lowest BCUT2D eigenvalue weighted by Crippen LogP contribution is -2.53. The Morgan fingerprint density at radius 1 is 0.457 bits per heavy atom. The Kier molecular flexibility index (Phi) is 42.7. The van der Waals surface area contributed by atoms with Crippen LogP contribution in [0.5, 0.6) is 0 Å². The van der Waals surface area contributed by atoms with E-state index in [1.165, 1.54) is 23.5 Å². The second kappa shape index (κ2) is 41.2. The van der Waals surface area contributed by atoms with Crippen molar-refractivity contribution in [2.45, 2.75) is 315 Å². The maximum absolute atomic E-state index is 12.7. The van der Waals surface area contributed by atoms with Crippen LogP contribution in [0, 0.1) is 5.41 Å². The first-order valence-electron chi connectivity index (χ1n) is 31.7. The number of nitrogens with one attached hydrogen (secondary N) is 1. The zero-order valence-electron chi connectivity index (χ0n) is 58.6. The minimum atomic E-state index is -1.82. The van der Waals surface area contributed by atoms with Crippen molar-refractivity contribution in [2.24, 2.45) is 5.41 Å². The van der Waals surface area contributed by atoms with Gasteiger partial charge in [-0.05, 0) is 185 Å². The van der Waals surface area contributed by atoms with E-state index in [9.17, 15) is 9.59 Å². The van der Waals surface area contributed by atoms with E-state index in [4.69, 9.17) is 27.4 Å². The third-order valence-corrected chi connectivity index (χ3v) is 33.3. The molecule has 0 heterocycles. The normalized spacial score (nSPS) is 13.8. The smallest absolute Gasteiger partial charge is 0.192 e. The number of hydrogen-bond acceptors (Lipinski definition) is 15. The molecule has 19 heteroatoms. The van der Waals surface area contributed by atoms with E-state index in [1.807, 2.05) is 0 Å². The standard InChI is InChI=1S/C31H68N3O4PSSi.C31H67N2O4PSSi/c1-16-31(17-2,24-38-41(14,15)30(11,12)13)32-19-18-29(35)40-23-22-36-20-21-37-39(33(25(3)4)26(5)6)34(27(7)8)28(9)10;1-16-31(17-2,24-37-40(14,15)30(11,12)13)19-18-29(34)39-23-22-35-20-21-36-38(32(25(3)4)26(5)6)33(27(7)8)28(9)10/h25-28,32H,16-24H2,1-15H3;25-28H,16-24H2,1-15H3. The lowest BCUT2D eigenvalue weighted by molar-refractivity contribution is -0.112. The van der Waals surface area contributed by atoms with E-state index >= 15 is 0 Å². The molecule has 0 unspecified atom stereocenters. The predicted molar refractivity (Wildman–Crippen MR) is 365 cm³/mol. The molecular weight excluding hydrogens is 1120 g/mol. The molecule has 0 spiro atoms. The van der Waals surface area contributed by atoms with Crippen LogP contribution in [0.4, 0.5) is 0 Å². The molecule has 0 amide bonds. The SMILES string of the molecule is CCC(CC)(CCC(=O)SCCOCCOP(N(C(C)C)C(C)C)N(C(C)C)C(C)C)CO[Si](C)(C)C(C)(C)C.CCC(CC)(CO[Si](C)(C)C(C)(C)C)NCCC(=O)SCCOCCOP(N(C(C)C)C(C)C)N(C(C)C)C(C)C. The zero-order valence-corrected chi connectivity index (χ0v) is 64.0. The lowest BCUT2D eigenvalue weighted by Gasteiger charge is -2.45. The van der Waals surface area contributed by atoms with E-state index < -0.39 is 33.5 Å². The van der Waals surface area contributed by atoms with Gasteiger partial charge >= 0.3 is 0 Å². The van der Waals surface area contributed by atoms with Crippen molar-refractivity contribution in [2.75, 3.05) is 70.9 Å². The molecule has 13 nitrogen and oxygen atoms in total. The Balaban J connectivity index is 0. The summed E-state index contributed by atoms with van der Waals surface area (Å²) in [6, 6.07) is 3.15. The summed E-state index contributed by atoms with van der Waals surface area (Å²) in [5.41, 5.74) is 0.00205. The Morgan fingerprint density at radius 2 is 0.765 bits per heavy atom. The fourth-order valence-electron chi connectivity index (χ4n) is 9.12. The quantitative estimate of drug-likeness (QED) is 0.0355. The first kappa shape index (κ1) is 84.0. The van der Waals surface area contributed by atoms with Gasteiger partial charge < -0.3 is 32.7 Å². The lowest BCUT2D eigenvalue weighted by atomic mass is 9.79. The number of carbonyl (C=O) groups excluding carboxylic acids is 2. The molecule has 1 N–H and O–H groups in total. The van der Waals surface area contributed by atoms with Gasteiger partial charge in [0.25, 0.3) is 0 Å². The number of hydrogen-bond donors (Lipinski definition) is 1. The van der Waals surface area contributed by atoms with Crippen LogP contribution in [0.3, 0.4) is 0 Å². The average Bonchev–Trinajstić information content (AvgIpc) is 3.33. The van der Waals surface area contributed by atoms with E-state index in [1.54, 1.807) is 0 Å². The molecule has 486 valence electrons. The van der Waals surface area contributed by atoms with Crippen molar-refractivity contribution in [3.05, 3.63) is 0 Å². The second-order valence-electron chi connectivity index (χ2n) is 27.6. The highest BCUT2D eigenvalue weighted by Gasteiger charge is 2.42. The number of nitrogens with zero attached hydrogens (tertiary/aromatic N) is 4. The van der Waals surface area contributed by atoms with Crippen LogP contribution < -0.4 is 5.32 Å². The Hall–Kier alpha value is 0.894. The molecule has 0 aliphatic heterocycles. The maximum atomic E-state index is 12.7. The fraction of sp³-hybridized carbons (Fsp3) is 0.968. The van der Waals surface area contributed by atoms with Gasteiger partial charge in [-0.1, -0.05) is 92.8 Å². The van der Waals surface area contributed by atoms with Gasteiger partial charge in [-0.25, -0.2) is 18.7 Å². The van der Waals surface area contributed by atoms with Gasteiger partial charge in [0.1, 0.15) is 0 Å². The summed E-state index contributed by atoms with van der Waals surface area (Å²) in [4.78, 5) is 25.3. The molecule has 0 aromatic rings. The molecule has 81 heavy (non-hydrogen) atoms. The first-order chi connectivity index (χ1) is 37.2. The van der Waals surface area contributed by atoms with Crippen molar-refractivity contribution in [3.63, 3.8) is 0 Å². The summed E-state index contributed by atoms with van der Waals surface area (Å²) in [6.07, 6.45) is 6.05. The van der Waals surface area contributed by atoms with Crippen LogP contribution in [-0.4, -0.2) is 170 Å². The van der Waals surface area contributed by atoms with Crippen molar-refractivity contribution in [1.82, 2.24) is 24.0 Å². The molecule has 0 bridgehead atoms. The highest BCUT2D eigenvalue weighted by molar-refractivity contribution is 8.13. The average molecular weight is 1260 g/mol. The second-order valence-corrected chi connectivity index (χ2v) is 42.9. The van der Waals surface area contributed by atoms with E-state index in [0.717, 1.165) is 38.7 Å². The molecule has 0 rings (SSSR count). The zero-order chi connectivity index (χ0) is 63.3. The van der Waals surface area contributed by atoms with Gasteiger partial charge in [-0.3, -0.25) is 9.59 Å². The predicted octanol–water partition coefficient (Wildman–Crippen LogP) is 17.7. The highest BCUT2D eigenvalue weighted by atomic mass is 32.2. The summed E-state index contributed by atoms with van der Waals surface area (Å²) in [5, 5.41) is 4.53. The first-order valence-corrected chi connectivity index (χ1v) is 41.8. The number of ether oxygens (including phenoxy) is 2. The molecule has 0 aromatic heterocycles. The fourth-order valence-corrected chi connectivity index (χ4v) is 17.3. The maximum Gasteiger partial charge on any atom is 0.192 e. The summed E-state index contributed by atoms with van der Waals surface area (Å²) in [5.74, 6) is 1.36. The summed E-state index contributed by atoms with van der Waals surface area (Å²) in [6.45, 7) is 73.1. The molecule has 0 saturated heterocycles. The minimum Gasteiger partial charge on any atom is -0.416 e. The Labute approximate surface area is 516 Å². The third kappa shape index (κ3) is 31.8. The molecular formula is C62H135N5O8P2S2Si2. The molecule has 0 saturated carbocycles. The van der Waals surface area contributed by atoms with Gasteiger partial charge in [0.05, 0.1) is 46.2 Å². The van der Waals surface area contributed by atoms with Gasteiger partial charge in [0, 0.05) is 91.4 Å². The van der Waals surface area contributed by atoms with E-state index in [-0.39, 0.29) is 31.3 Å². The van der Waals surface area contributed by atoms with E-state index in [2.05, 4.69) is 230 Å². The van der Waals surface area contributed by atoms with Gasteiger partial charge in [-0.15, -0.1) is 0 Å². The van der Waals surface area contributed by atoms with Crippen molar-refractivity contribution in [1.29, 1.82) is 0 Å². The van der Waals surface area contributed by atoms with Gasteiger partial charge in [0.15, 0.2) is 43.8 Å². The Morgan fingerprint density at radius 3 is 1.05 bits per heavy atom. The summed E-state index contributed by atoms with van der Waals surface area (Å²) < 4.78 is 47.9. The number of thioether (sulfide) groups is 2. The Bertz CT molecular complexity index is 1580. The monoisotopic (exact) mass is 1260 g/mol. The van der Waals surface area contributed by atoms with Crippen molar-refractivity contribution in [3.8, 4) is 0 Å². The molecule has 0 radical (unpaired) electrons. The van der Waals surface area contributed by atoms with Crippen molar-refractivity contribution < 1.29 is 37.0 Å². The molecule has 0 aromatic carbocycles. The van der Waals surface area contributed by atoms with Crippen LogP contribution in [0.1, 0.15) is 225 Å². The largest absolute Gasteiger partial charge is 0.416 e. The highest BCUT2D eigenvalue weighted by Crippen LogP contribution is 2.52. The van der Waals surface area contributed by atoms with Crippen LogP contribution >= 0.6 is 40.4 Å². The third-order valence-electron chi connectivity index (χ3n) is 16.5.